The maximum Gasteiger partial charge on any atom is 0.412 e. The van der Waals surface area contributed by atoms with Crippen molar-refractivity contribution in [2.75, 3.05) is 11.9 Å². The third-order valence-electron chi connectivity index (χ3n) is 4.28. The van der Waals surface area contributed by atoms with E-state index in [-0.39, 0.29) is 0 Å². The number of benzene rings is 1. The predicted octanol–water partition coefficient (Wildman–Crippen LogP) is 4.35. The van der Waals surface area contributed by atoms with Crippen LogP contribution in [0.25, 0.3) is 0 Å². The minimum Gasteiger partial charge on any atom is -0.444 e. The average molecular weight is 318 g/mol. The summed E-state index contributed by atoms with van der Waals surface area (Å²) in [7, 11) is 0. The van der Waals surface area contributed by atoms with Gasteiger partial charge in [-0.05, 0) is 70.2 Å². The fourth-order valence-corrected chi connectivity index (χ4v) is 3.03. The van der Waals surface area contributed by atoms with E-state index < -0.39 is 11.7 Å². The molecule has 0 spiro atoms. The van der Waals surface area contributed by atoms with Crippen molar-refractivity contribution in [1.29, 1.82) is 0 Å². The summed E-state index contributed by atoms with van der Waals surface area (Å²) >= 11 is 0. The van der Waals surface area contributed by atoms with Gasteiger partial charge in [0.2, 0.25) is 0 Å². The van der Waals surface area contributed by atoms with Crippen molar-refractivity contribution in [3.8, 4) is 0 Å². The highest BCUT2D eigenvalue weighted by molar-refractivity contribution is 5.84. The van der Waals surface area contributed by atoms with Crippen LogP contribution in [0.5, 0.6) is 0 Å². The lowest BCUT2D eigenvalue weighted by molar-refractivity contribution is 0.0636. The molecule has 1 aromatic carbocycles. The Morgan fingerprint density at radius 3 is 2.48 bits per heavy atom. The van der Waals surface area contributed by atoms with Gasteiger partial charge in [0.1, 0.15) is 5.60 Å². The van der Waals surface area contributed by atoms with E-state index in [0.29, 0.717) is 6.04 Å². The molecule has 0 radical (unpaired) electrons. The molecule has 2 unspecified atom stereocenters. The zero-order valence-corrected chi connectivity index (χ0v) is 14.8. The number of hydrogen-bond acceptors (Lipinski definition) is 3. The number of hydrogen-bond donors (Lipinski definition) is 2. The largest absolute Gasteiger partial charge is 0.444 e. The molecule has 1 aliphatic rings. The van der Waals surface area contributed by atoms with Gasteiger partial charge in [-0.25, -0.2) is 4.79 Å². The SMILES string of the molecule is CC1CCCC1NCCc1ccc(NC(=O)OC(C)(C)C)cc1. The highest BCUT2D eigenvalue weighted by atomic mass is 16.6. The van der Waals surface area contributed by atoms with Gasteiger partial charge in [-0.1, -0.05) is 25.5 Å². The van der Waals surface area contributed by atoms with Crippen molar-refractivity contribution in [2.45, 2.75) is 65.0 Å². The van der Waals surface area contributed by atoms with Gasteiger partial charge in [-0.3, -0.25) is 5.32 Å². The third kappa shape index (κ3) is 6.22. The van der Waals surface area contributed by atoms with Crippen LogP contribution in [0.1, 0.15) is 52.5 Å². The van der Waals surface area contributed by atoms with Crippen molar-refractivity contribution in [3.05, 3.63) is 29.8 Å². The molecule has 0 saturated heterocycles. The molecule has 2 N–H and O–H groups in total. The molecule has 128 valence electrons. The van der Waals surface area contributed by atoms with E-state index in [0.717, 1.165) is 24.6 Å². The lowest BCUT2D eigenvalue weighted by Crippen LogP contribution is -2.32. The lowest BCUT2D eigenvalue weighted by Gasteiger charge is -2.19. The second-order valence-electron chi connectivity index (χ2n) is 7.54. The minimum atomic E-state index is -0.479. The van der Waals surface area contributed by atoms with E-state index in [1.54, 1.807) is 0 Å². The van der Waals surface area contributed by atoms with Crippen LogP contribution in [0, 0.1) is 5.92 Å². The molecule has 0 bridgehead atoms. The maximum absolute atomic E-state index is 11.7. The molecule has 1 aliphatic carbocycles. The van der Waals surface area contributed by atoms with Crippen LogP contribution < -0.4 is 10.6 Å². The first-order valence-electron chi connectivity index (χ1n) is 8.66. The molecule has 1 fully saturated rings. The molecule has 1 aromatic rings. The number of carbonyl (C=O) groups excluding carboxylic acids is 1. The zero-order valence-electron chi connectivity index (χ0n) is 14.8. The van der Waals surface area contributed by atoms with Crippen LogP contribution in [-0.4, -0.2) is 24.3 Å². The summed E-state index contributed by atoms with van der Waals surface area (Å²) in [4.78, 5) is 11.7. The Hall–Kier alpha value is -1.55. The van der Waals surface area contributed by atoms with Crippen LogP contribution in [-0.2, 0) is 11.2 Å². The summed E-state index contributed by atoms with van der Waals surface area (Å²) in [5.74, 6) is 0.801. The number of carbonyl (C=O) groups is 1. The van der Waals surface area contributed by atoms with Gasteiger partial charge in [0, 0.05) is 11.7 Å². The van der Waals surface area contributed by atoms with Gasteiger partial charge < -0.3 is 10.1 Å². The maximum atomic E-state index is 11.7. The van der Waals surface area contributed by atoms with Crippen LogP contribution in [0.4, 0.5) is 10.5 Å². The van der Waals surface area contributed by atoms with Crippen LogP contribution in [0.3, 0.4) is 0 Å². The van der Waals surface area contributed by atoms with Gasteiger partial charge in [0.25, 0.3) is 0 Å². The Bertz CT molecular complexity index is 505. The average Bonchev–Trinajstić information content (AvgIpc) is 2.84. The summed E-state index contributed by atoms with van der Waals surface area (Å²) < 4.78 is 5.24. The Balaban J connectivity index is 1.74. The summed E-state index contributed by atoms with van der Waals surface area (Å²) in [6.45, 7) is 8.91. The summed E-state index contributed by atoms with van der Waals surface area (Å²) in [5, 5.41) is 6.42. The number of amides is 1. The topological polar surface area (TPSA) is 50.4 Å². The summed E-state index contributed by atoms with van der Waals surface area (Å²) in [6, 6.07) is 8.66. The fraction of sp³-hybridized carbons (Fsp3) is 0.632. The lowest BCUT2D eigenvalue weighted by atomic mass is 10.1. The van der Waals surface area contributed by atoms with E-state index >= 15 is 0 Å². The zero-order chi connectivity index (χ0) is 16.9. The first-order valence-corrected chi connectivity index (χ1v) is 8.66. The Labute approximate surface area is 140 Å². The molecule has 1 saturated carbocycles. The first kappa shape index (κ1) is 17.8. The van der Waals surface area contributed by atoms with Crippen molar-refractivity contribution >= 4 is 11.8 Å². The number of anilines is 1. The Morgan fingerprint density at radius 1 is 1.22 bits per heavy atom. The van der Waals surface area contributed by atoms with E-state index in [2.05, 4.69) is 29.7 Å². The van der Waals surface area contributed by atoms with Crippen LogP contribution in [0.2, 0.25) is 0 Å². The highest BCUT2D eigenvalue weighted by Crippen LogP contribution is 2.24. The van der Waals surface area contributed by atoms with Gasteiger partial charge in [0.15, 0.2) is 0 Å². The molecule has 4 nitrogen and oxygen atoms in total. The Kier molecular flexibility index (Phi) is 6.05. The molecule has 0 aromatic heterocycles. The van der Waals surface area contributed by atoms with Gasteiger partial charge in [-0.15, -0.1) is 0 Å². The quantitative estimate of drug-likeness (QED) is 0.848. The molecular weight excluding hydrogens is 288 g/mol. The number of ether oxygens (including phenoxy) is 1. The first-order chi connectivity index (χ1) is 10.8. The van der Waals surface area contributed by atoms with Crippen LogP contribution >= 0.6 is 0 Å². The van der Waals surface area contributed by atoms with Gasteiger partial charge >= 0.3 is 6.09 Å². The number of nitrogens with one attached hydrogen (secondary N) is 2. The molecule has 0 aliphatic heterocycles. The smallest absolute Gasteiger partial charge is 0.412 e. The van der Waals surface area contributed by atoms with Gasteiger partial charge in [-0.2, -0.15) is 0 Å². The minimum absolute atomic E-state index is 0.415. The van der Waals surface area contributed by atoms with Crippen LogP contribution in [0.15, 0.2) is 24.3 Å². The summed E-state index contributed by atoms with van der Waals surface area (Å²) in [5.41, 5.74) is 1.56. The normalized spacial score (nSPS) is 21.2. The van der Waals surface area contributed by atoms with E-state index in [1.165, 1.54) is 24.8 Å². The predicted molar refractivity (Wildman–Crippen MR) is 94.8 cm³/mol. The van der Waals surface area contributed by atoms with E-state index in [9.17, 15) is 4.79 Å². The standard InChI is InChI=1S/C19H30N2O2/c1-14-6-5-7-17(14)20-13-12-15-8-10-16(11-9-15)21-18(22)23-19(2,3)4/h8-11,14,17,20H,5-7,12-13H2,1-4H3,(H,21,22). The van der Waals surface area contributed by atoms with Crippen molar-refractivity contribution < 1.29 is 9.53 Å². The molecule has 2 rings (SSSR count). The second-order valence-corrected chi connectivity index (χ2v) is 7.54. The molecular formula is C19H30N2O2. The summed E-state index contributed by atoms with van der Waals surface area (Å²) in [6.07, 6.45) is 4.60. The molecule has 1 amide bonds. The molecule has 23 heavy (non-hydrogen) atoms. The molecule has 4 heteroatoms. The fourth-order valence-electron chi connectivity index (χ4n) is 3.03. The van der Waals surface area contributed by atoms with Crippen molar-refractivity contribution in [3.63, 3.8) is 0 Å². The van der Waals surface area contributed by atoms with Crippen molar-refractivity contribution in [1.82, 2.24) is 5.32 Å². The molecule has 0 heterocycles. The highest BCUT2D eigenvalue weighted by Gasteiger charge is 2.22. The Morgan fingerprint density at radius 2 is 1.91 bits per heavy atom. The van der Waals surface area contributed by atoms with Gasteiger partial charge in [0.05, 0.1) is 0 Å². The number of rotatable bonds is 5. The van der Waals surface area contributed by atoms with Crippen molar-refractivity contribution in [2.24, 2.45) is 5.92 Å². The molecule has 2 atom stereocenters. The van der Waals surface area contributed by atoms with E-state index in [1.807, 2.05) is 32.9 Å². The second kappa shape index (κ2) is 7.82. The van der Waals surface area contributed by atoms with E-state index in [4.69, 9.17) is 4.74 Å². The third-order valence-corrected chi connectivity index (χ3v) is 4.28. The monoisotopic (exact) mass is 318 g/mol.